The molecule has 0 saturated carbocycles. The van der Waals surface area contributed by atoms with Crippen LogP contribution in [-0.2, 0) is 6.42 Å². The molecule has 0 unspecified atom stereocenters. The van der Waals surface area contributed by atoms with E-state index in [0.717, 1.165) is 42.8 Å². The van der Waals surface area contributed by atoms with Gasteiger partial charge >= 0.3 is 0 Å². The normalized spacial score (nSPS) is 10.4. The highest BCUT2D eigenvalue weighted by Gasteiger charge is 2.07. The summed E-state index contributed by atoms with van der Waals surface area (Å²) in [6.45, 7) is 3.52. The predicted octanol–water partition coefficient (Wildman–Crippen LogP) is 3.70. The summed E-state index contributed by atoms with van der Waals surface area (Å²) in [6, 6.07) is 11.2. The molecular weight excluding hydrogens is 324 g/mol. The predicted molar refractivity (Wildman–Crippen MR) is 97.5 cm³/mol. The van der Waals surface area contributed by atoms with E-state index in [0.29, 0.717) is 18.1 Å². The fraction of sp³-hybridized carbons (Fsp3) is 0.389. The molecule has 1 aromatic heterocycles. The average Bonchev–Trinajstić information content (AvgIpc) is 2.59. The van der Waals surface area contributed by atoms with Gasteiger partial charge in [0.05, 0.1) is 0 Å². The summed E-state index contributed by atoms with van der Waals surface area (Å²) in [6.07, 6.45) is 4.06. The van der Waals surface area contributed by atoms with Gasteiger partial charge in [0.1, 0.15) is 5.82 Å². The van der Waals surface area contributed by atoms with Crippen molar-refractivity contribution in [2.45, 2.75) is 32.6 Å². The Bertz CT molecular complexity index is 646. The van der Waals surface area contributed by atoms with E-state index in [1.165, 1.54) is 0 Å². The largest absolute Gasteiger partial charge is 0.368 e. The molecule has 5 nitrogen and oxygen atoms in total. The van der Waals surface area contributed by atoms with Gasteiger partial charge in [0.25, 0.3) is 5.91 Å². The molecule has 24 heavy (non-hydrogen) atoms. The van der Waals surface area contributed by atoms with Gasteiger partial charge < -0.3 is 10.6 Å². The van der Waals surface area contributed by atoms with E-state index in [4.69, 9.17) is 11.6 Å². The molecule has 0 saturated heterocycles. The van der Waals surface area contributed by atoms with Gasteiger partial charge in [-0.2, -0.15) is 0 Å². The number of nitrogens with one attached hydrogen (secondary N) is 2. The number of rotatable bonds is 9. The molecular formula is C18H23ClN4O. The van der Waals surface area contributed by atoms with Crippen LogP contribution in [-0.4, -0.2) is 29.2 Å². The van der Waals surface area contributed by atoms with Crippen LogP contribution in [0.4, 0.5) is 5.82 Å². The Morgan fingerprint density at radius 2 is 2.00 bits per heavy atom. The van der Waals surface area contributed by atoms with Gasteiger partial charge in [-0.1, -0.05) is 43.5 Å². The number of carbonyl (C=O) groups excluding carboxylic acids is 1. The van der Waals surface area contributed by atoms with Gasteiger partial charge in [0.15, 0.2) is 5.69 Å². The lowest BCUT2D eigenvalue weighted by molar-refractivity contribution is 0.0947. The standard InChI is InChI=1S/C18H23ClN4O/c1-2-3-4-11-21-18(24)16-8-9-17(23-22-16)20-12-10-14-6-5-7-15(19)13-14/h5-9,13H,2-4,10-12H2,1H3,(H,20,23)(H,21,24). The smallest absolute Gasteiger partial charge is 0.271 e. The SMILES string of the molecule is CCCCCNC(=O)c1ccc(NCCc2cccc(Cl)c2)nn1. The van der Waals surface area contributed by atoms with Crippen molar-refractivity contribution in [1.82, 2.24) is 15.5 Å². The minimum Gasteiger partial charge on any atom is -0.368 e. The number of halogens is 1. The average molecular weight is 347 g/mol. The molecule has 0 atom stereocenters. The van der Waals surface area contributed by atoms with Crippen molar-refractivity contribution in [3.8, 4) is 0 Å². The summed E-state index contributed by atoms with van der Waals surface area (Å²) in [4.78, 5) is 11.9. The summed E-state index contributed by atoms with van der Waals surface area (Å²) < 4.78 is 0. The van der Waals surface area contributed by atoms with Crippen molar-refractivity contribution >= 4 is 23.3 Å². The number of aromatic nitrogens is 2. The van der Waals surface area contributed by atoms with Crippen LogP contribution in [0.2, 0.25) is 5.02 Å². The lowest BCUT2D eigenvalue weighted by atomic mass is 10.1. The molecule has 0 radical (unpaired) electrons. The van der Waals surface area contributed by atoms with Gasteiger partial charge in [0, 0.05) is 18.1 Å². The maximum absolute atomic E-state index is 11.9. The van der Waals surface area contributed by atoms with Crippen LogP contribution in [0.5, 0.6) is 0 Å². The van der Waals surface area contributed by atoms with E-state index in [9.17, 15) is 4.79 Å². The van der Waals surface area contributed by atoms with Crippen molar-refractivity contribution in [2.75, 3.05) is 18.4 Å². The molecule has 0 aliphatic rings. The van der Waals surface area contributed by atoms with Crippen molar-refractivity contribution in [3.05, 3.63) is 52.7 Å². The Kier molecular flexibility index (Phi) is 7.49. The zero-order chi connectivity index (χ0) is 17.2. The van der Waals surface area contributed by atoms with E-state index in [1.54, 1.807) is 12.1 Å². The van der Waals surface area contributed by atoms with Crippen LogP contribution in [0.25, 0.3) is 0 Å². The first kappa shape index (κ1) is 18.2. The van der Waals surface area contributed by atoms with Crippen molar-refractivity contribution in [1.29, 1.82) is 0 Å². The minimum absolute atomic E-state index is 0.177. The Morgan fingerprint density at radius 3 is 2.71 bits per heavy atom. The maximum atomic E-state index is 11.9. The third kappa shape index (κ3) is 6.16. The topological polar surface area (TPSA) is 66.9 Å². The number of amides is 1. The Balaban J connectivity index is 1.76. The molecule has 0 aliphatic carbocycles. The molecule has 0 fully saturated rings. The lowest BCUT2D eigenvalue weighted by Crippen LogP contribution is -2.25. The number of hydrogen-bond acceptors (Lipinski definition) is 4. The monoisotopic (exact) mass is 346 g/mol. The summed E-state index contributed by atoms with van der Waals surface area (Å²) in [7, 11) is 0. The third-order valence-corrected chi connectivity index (χ3v) is 3.81. The van der Waals surface area contributed by atoms with Crippen LogP contribution >= 0.6 is 11.6 Å². The molecule has 1 heterocycles. The lowest BCUT2D eigenvalue weighted by Gasteiger charge is -2.07. The molecule has 128 valence electrons. The minimum atomic E-state index is -0.177. The van der Waals surface area contributed by atoms with Crippen LogP contribution < -0.4 is 10.6 Å². The molecule has 2 N–H and O–H groups in total. The Labute approximate surface area is 147 Å². The second-order valence-electron chi connectivity index (χ2n) is 5.57. The first-order valence-electron chi connectivity index (χ1n) is 8.29. The summed E-state index contributed by atoms with van der Waals surface area (Å²) >= 11 is 5.96. The van der Waals surface area contributed by atoms with E-state index in [2.05, 4.69) is 27.8 Å². The zero-order valence-electron chi connectivity index (χ0n) is 13.9. The van der Waals surface area contributed by atoms with E-state index < -0.39 is 0 Å². The van der Waals surface area contributed by atoms with Gasteiger partial charge in [-0.05, 0) is 42.7 Å². The fourth-order valence-corrected chi connectivity index (χ4v) is 2.46. The van der Waals surface area contributed by atoms with Gasteiger partial charge in [-0.15, -0.1) is 10.2 Å². The number of carbonyl (C=O) groups is 1. The van der Waals surface area contributed by atoms with Crippen LogP contribution in [0.3, 0.4) is 0 Å². The van der Waals surface area contributed by atoms with Crippen LogP contribution in [0.1, 0.15) is 42.2 Å². The molecule has 1 amide bonds. The Hall–Kier alpha value is -2.14. The fourth-order valence-electron chi connectivity index (χ4n) is 2.24. The molecule has 2 rings (SSSR count). The molecule has 6 heteroatoms. The molecule has 1 aromatic carbocycles. The summed E-state index contributed by atoms with van der Waals surface area (Å²) in [5, 5.41) is 14.8. The summed E-state index contributed by atoms with van der Waals surface area (Å²) in [5.41, 5.74) is 1.50. The van der Waals surface area contributed by atoms with E-state index in [-0.39, 0.29) is 5.91 Å². The quantitative estimate of drug-likeness (QED) is 0.679. The second-order valence-corrected chi connectivity index (χ2v) is 6.01. The number of anilines is 1. The molecule has 2 aromatic rings. The third-order valence-electron chi connectivity index (χ3n) is 3.57. The first-order chi connectivity index (χ1) is 11.7. The van der Waals surface area contributed by atoms with E-state index >= 15 is 0 Å². The maximum Gasteiger partial charge on any atom is 0.271 e. The van der Waals surface area contributed by atoms with Crippen molar-refractivity contribution < 1.29 is 4.79 Å². The first-order valence-corrected chi connectivity index (χ1v) is 8.67. The van der Waals surface area contributed by atoms with Gasteiger partial charge in [-0.25, -0.2) is 0 Å². The number of benzene rings is 1. The number of unbranched alkanes of at least 4 members (excludes halogenated alkanes) is 2. The van der Waals surface area contributed by atoms with Crippen LogP contribution in [0, 0.1) is 0 Å². The summed E-state index contributed by atoms with van der Waals surface area (Å²) in [5.74, 6) is 0.476. The molecule has 0 bridgehead atoms. The highest BCUT2D eigenvalue weighted by Crippen LogP contribution is 2.11. The number of hydrogen-bond donors (Lipinski definition) is 2. The van der Waals surface area contributed by atoms with E-state index in [1.807, 2.05) is 24.3 Å². The van der Waals surface area contributed by atoms with Crippen molar-refractivity contribution in [2.24, 2.45) is 0 Å². The van der Waals surface area contributed by atoms with Gasteiger partial charge in [0.2, 0.25) is 0 Å². The molecule has 0 aliphatic heterocycles. The van der Waals surface area contributed by atoms with Crippen molar-refractivity contribution in [3.63, 3.8) is 0 Å². The highest BCUT2D eigenvalue weighted by molar-refractivity contribution is 6.30. The number of nitrogens with zero attached hydrogens (tertiary/aromatic N) is 2. The Morgan fingerprint density at radius 1 is 1.12 bits per heavy atom. The highest BCUT2D eigenvalue weighted by atomic mass is 35.5. The van der Waals surface area contributed by atoms with Crippen LogP contribution in [0.15, 0.2) is 36.4 Å². The second kappa shape index (κ2) is 9.88. The van der Waals surface area contributed by atoms with Gasteiger partial charge in [-0.3, -0.25) is 4.79 Å². The zero-order valence-corrected chi connectivity index (χ0v) is 14.6. The molecule has 0 spiro atoms.